The number of hydrogen-bond acceptors (Lipinski definition) is 7. The number of ether oxygens (including phenoxy) is 4. The van der Waals surface area contributed by atoms with Gasteiger partial charge in [0.05, 0.1) is 19.4 Å². The van der Waals surface area contributed by atoms with E-state index in [2.05, 4.69) is 10.0 Å². The Morgan fingerprint density at radius 3 is 2.48 bits per heavy atom. The van der Waals surface area contributed by atoms with Crippen molar-refractivity contribution in [2.45, 2.75) is 12.1 Å². The Hall–Kier alpha value is -1.98. The monoisotopic (exact) mass is 400 g/mol. The van der Waals surface area contributed by atoms with Gasteiger partial charge in [-0.2, -0.15) is 0 Å². The molecule has 10 heteroatoms. The lowest BCUT2D eigenvalue weighted by Crippen LogP contribution is -2.46. The van der Waals surface area contributed by atoms with Crippen LogP contribution in [0.2, 0.25) is 0 Å². The van der Waals surface area contributed by atoms with Crippen molar-refractivity contribution in [2.75, 3.05) is 40.2 Å². The van der Waals surface area contributed by atoms with Crippen LogP contribution in [0.3, 0.4) is 0 Å². The van der Waals surface area contributed by atoms with Crippen LogP contribution < -0.4 is 14.8 Å². The zero-order valence-corrected chi connectivity index (χ0v) is 16.2. The van der Waals surface area contributed by atoms with Gasteiger partial charge in [0.2, 0.25) is 15.8 Å². The highest BCUT2D eigenvalue weighted by atomic mass is 32.2. The minimum absolute atomic E-state index is 0.0441. The van der Waals surface area contributed by atoms with E-state index >= 15 is 0 Å². The van der Waals surface area contributed by atoms with Gasteiger partial charge in [-0.1, -0.05) is 0 Å². The molecule has 0 fully saturated rings. The highest BCUT2D eigenvalue weighted by molar-refractivity contribution is 7.89. The third-order valence-corrected chi connectivity index (χ3v) is 5.27. The van der Waals surface area contributed by atoms with E-state index in [0.29, 0.717) is 11.3 Å². The minimum atomic E-state index is -3.65. The van der Waals surface area contributed by atoms with E-state index in [1.807, 2.05) is 0 Å². The summed E-state index contributed by atoms with van der Waals surface area (Å²) in [6.45, 7) is -0.161. The maximum Gasteiger partial charge on any atom is 0.251 e. The van der Waals surface area contributed by atoms with Crippen molar-refractivity contribution in [3.63, 3.8) is 0 Å². The van der Waals surface area contributed by atoms with Crippen LogP contribution in [0.1, 0.15) is 10.4 Å². The Morgan fingerprint density at radius 2 is 1.93 bits per heavy atom. The Morgan fingerprint density at radius 1 is 1.22 bits per heavy atom. The normalized spacial score (nSPS) is 22.0. The average Bonchev–Trinajstić information content (AvgIpc) is 3.11. The van der Waals surface area contributed by atoms with Crippen LogP contribution >= 0.6 is 0 Å². The third-order valence-electron chi connectivity index (χ3n) is 3.95. The SMILES string of the molecule is COc1ccc(C(=O)NCCS(=O)(=O)NC[C@@]2(OC)C=C[C@H](OC)O2)cc1. The average molecular weight is 400 g/mol. The second-order valence-corrected chi connectivity index (χ2v) is 7.65. The van der Waals surface area contributed by atoms with Crippen molar-refractivity contribution in [1.82, 2.24) is 10.0 Å². The van der Waals surface area contributed by atoms with Crippen molar-refractivity contribution in [3.05, 3.63) is 42.0 Å². The summed E-state index contributed by atoms with van der Waals surface area (Å²) < 4.78 is 47.5. The topological polar surface area (TPSA) is 112 Å². The minimum Gasteiger partial charge on any atom is -0.497 e. The second-order valence-electron chi connectivity index (χ2n) is 5.72. The van der Waals surface area contributed by atoms with E-state index in [-0.39, 0.29) is 24.7 Å². The number of benzene rings is 1. The molecule has 150 valence electrons. The summed E-state index contributed by atoms with van der Waals surface area (Å²) in [6.07, 6.45) is 2.63. The van der Waals surface area contributed by atoms with Crippen LogP contribution in [0.15, 0.2) is 36.4 Å². The van der Waals surface area contributed by atoms with Gasteiger partial charge < -0.3 is 24.3 Å². The maximum absolute atomic E-state index is 12.2. The van der Waals surface area contributed by atoms with Gasteiger partial charge in [0, 0.05) is 26.3 Å². The van der Waals surface area contributed by atoms with Crippen molar-refractivity contribution in [2.24, 2.45) is 0 Å². The molecule has 1 heterocycles. The van der Waals surface area contributed by atoms with Crippen molar-refractivity contribution >= 4 is 15.9 Å². The highest BCUT2D eigenvalue weighted by Gasteiger charge is 2.36. The van der Waals surface area contributed by atoms with Crippen LogP contribution in [0, 0.1) is 0 Å². The number of rotatable bonds is 10. The lowest BCUT2D eigenvalue weighted by Gasteiger charge is -2.27. The van der Waals surface area contributed by atoms with Crippen LogP contribution in [0.4, 0.5) is 0 Å². The second kappa shape index (κ2) is 9.29. The van der Waals surface area contributed by atoms with Crippen molar-refractivity contribution < 1.29 is 32.2 Å². The molecule has 1 amide bonds. The Bertz CT molecular complexity index is 764. The standard InChI is InChI=1S/C17H24N2O7S/c1-23-14-6-4-13(5-7-14)16(20)18-10-11-27(21,22)19-12-17(25-3)9-8-15(24-2)26-17/h4-9,15,19H,10-12H2,1-3H3,(H,18,20)/t15-,17-/m1/s1. The molecule has 1 aliphatic rings. The Labute approximate surface area is 158 Å². The molecule has 2 rings (SSSR count). The summed E-state index contributed by atoms with van der Waals surface area (Å²) >= 11 is 0. The highest BCUT2D eigenvalue weighted by Crippen LogP contribution is 2.24. The summed E-state index contributed by atoms with van der Waals surface area (Å²) in [5.41, 5.74) is 0.412. The summed E-state index contributed by atoms with van der Waals surface area (Å²) in [7, 11) is 0.758. The van der Waals surface area contributed by atoms with E-state index < -0.39 is 22.1 Å². The molecule has 0 saturated heterocycles. The smallest absolute Gasteiger partial charge is 0.251 e. The van der Waals surface area contributed by atoms with Gasteiger partial charge in [0.25, 0.3) is 5.91 Å². The third kappa shape index (κ3) is 6.01. The Balaban J connectivity index is 1.80. The van der Waals surface area contributed by atoms with Crippen LogP contribution in [0.25, 0.3) is 0 Å². The first kappa shape index (κ1) is 21.3. The number of hydrogen-bond donors (Lipinski definition) is 2. The fourth-order valence-corrected chi connectivity index (χ4v) is 3.28. The molecule has 1 aromatic rings. The maximum atomic E-state index is 12.2. The van der Waals surface area contributed by atoms with Gasteiger partial charge in [-0.3, -0.25) is 4.79 Å². The molecule has 0 saturated carbocycles. The zero-order chi connectivity index (χ0) is 19.9. The summed E-state index contributed by atoms with van der Waals surface area (Å²) in [5.74, 6) is -1.25. The quantitative estimate of drug-likeness (QED) is 0.541. The molecule has 2 N–H and O–H groups in total. The first-order chi connectivity index (χ1) is 12.8. The lowest BCUT2D eigenvalue weighted by atomic mass is 10.2. The molecule has 0 aromatic heterocycles. The lowest BCUT2D eigenvalue weighted by molar-refractivity contribution is -0.237. The van der Waals surface area contributed by atoms with E-state index in [0.717, 1.165) is 0 Å². The molecule has 0 unspecified atom stereocenters. The molecule has 1 aliphatic heterocycles. The number of amides is 1. The molecule has 1 aromatic carbocycles. The van der Waals surface area contributed by atoms with Gasteiger partial charge in [0.15, 0.2) is 6.29 Å². The fraction of sp³-hybridized carbons (Fsp3) is 0.471. The molecular formula is C17H24N2O7S. The first-order valence-electron chi connectivity index (χ1n) is 8.18. The van der Waals surface area contributed by atoms with Crippen LogP contribution in [-0.2, 0) is 24.2 Å². The summed E-state index contributed by atoms with van der Waals surface area (Å²) in [5, 5.41) is 2.56. The predicted octanol–water partition coefficient (Wildman–Crippen LogP) is 0.246. The van der Waals surface area contributed by atoms with Gasteiger partial charge in [-0.15, -0.1) is 0 Å². The molecule has 9 nitrogen and oxygen atoms in total. The van der Waals surface area contributed by atoms with E-state index in [9.17, 15) is 13.2 Å². The summed E-state index contributed by atoms with van der Waals surface area (Å²) in [4.78, 5) is 12.0. The molecule has 0 aliphatic carbocycles. The Kier molecular flexibility index (Phi) is 7.33. The number of sulfonamides is 1. The molecule has 0 bridgehead atoms. The van der Waals surface area contributed by atoms with E-state index in [4.69, 9.17) is 18.9 Å². The molecule has 27 heavy (non-hydrogen) atoms. The van der Waals surface area contributed by atoms with Crippen LogP contribution in [-0.4, -0.2) is 66.6 Å². The summed E-state index contributed by atoms with van der Waals surface area (Å²) in [6, 6.07) is 6.50. The number of carbonyl (C=O) groups is 1. The largest absolute Gasteiger partial charge is 0.497 e. The molecule has 0 spiro atoms. The molecular weight excluding hydrogens is 376 g/mol. The van der Waals surface area contributed by atoms with Crippen molar-refractivity contribution in [3.8, 4) is 5.75 Å². The predicted molar refractivity (Wildman–Crippen MR) is 97.9 cm³/mol. The van der Waals surface area contributed by atoms with E-state index in [1.165, 1.54) is 21.3 Å². The molecule has 2 atom stereocenters. The van der Waals surface area contributed by atoms with Gasteiger partial charge in [-0.05, 0) is 36.4 Å². The number of nitrogens with one attached hydrogen (secondary N) is 2. The van der Waals surface area contributed by atoms with Gasteiger partial charge in [-0.25, -0.2) is 13.1 Å². The zero-order valence-electron chi connectivity index (χ0n) is 15.4. The fourth-order valence-electron chi connectivity index (χ4n) is 2.34. The van der Waals surface area contributed by atoms with Gasteiger partial charge in [0.1, 0.15) is 5.75 Å². The van der Waals surface area contributed by atoms with Crippen molar-refractivity contribution in [1.29, 1.82) is 0 Å². The molecule has 0 radical (unpaired) electrons. The number of methoxy groups -OCH3 is 3. The van der Waals surface area contributed by atoms with Crippen LogP contribution in [0.5, 0.6) is 5.75 Å². The number of carbonyl (C=O) groups excluding carboxylic acids is 1. The van der Waals surface area contributed by atoms with E-state index in [1.54, 1.807) is 36.4 Å². The van der Waals surface area contributed by atoms with Gasteiger partial charge >= 0.3 is 0 Å². The first-order valence-corrected chi connectivity index (χ1v) is 9.83.